The Morgan fingerprint density at radius 1 is 1.35 bits per heavy atom. The summed E-state index contributed by atoms with van der Waals surface area (Å²) < 4.78 is 12.9. The summed E-state index contributed by atoms with van der Waals surface area (Å²) in [5.41, 5.74) is 2.31. The van der Waals surface area contributed by atoms with Gasteiger partial charge in [-0.25, -0.2) is 0 Å². The molecule has 2 aromatic heterocycles. The molecular weight excluding hydrogens is 330 g/mol. The molecule has 2 aromatic rings. The van der Waals surface area contributed by atoms with Crippen molar-refractivity contribution < 1.29 is 14.3 Å². The number of aliphatic hydroxyl groups excluding tert-OH is 1. The zero-order valence-corrected chi connectivity index (χ0v) is 15.3. The van der Waals surface area contributed by atoms with Crippen molar-refractivity contribution in [1.82, 2.24) is 4.57 Å². The van der Waals surface area contributed by atoms with Gasteiger partial charge in [-0.05, 0) is 37.3 Å². The number of hydrogen-bond acceptors (Lipinski definition) is 4. The van der Waals surface area contributed by atoms with E-state index in [4.69, 9.17) is 14.3 Å². The van der Waals surface area contributed by atoms with Gasteiger partial charge in [0, 0.05) is 24.5 Å². The molecule has 0 unspecified atom stereocenters. The average Bonchev–Trinajstić information content (AvgIpc) is 3.05. The molecule has 5 heteroatoms. The molecule has 2 heterocycles. The van der Waals surface area contributed by atoms with Crippen LogP contribution in [0, 0.1) is 0 Å². The van der Waals surface area contributed by atoms with Crippen LogP contribution < -0.4 is 10.2 Å². The Bertz CT molecular complexity index is 786. The van der Waals surface area contributed by atoms with Crippen molar-refractivity contribution in [3.63, 3.8) is 0 Å². The predicted molar refractivity (Wildman–Crippen MR) is 103 cm³/mol. The SMILES string of the molecule is C=C/C=C\c1ccn(CCCCCOc2coc(CO)cc2=O)c1CC. The van der Waals surface area contributed by atoms with Crippen LogP contribution in [0.5, 0.6) is 5.75 Å². The van der Waals surface area contributed by atoms with E-state index in [1.807, 2.05) is 6.08 Å². The number of aliphatic hydroxyl groups is 1. The van der Waals surface area contributed by atoms with E-state index in [1.54, 1.807) is 6.08 Å². The Labute approximate surface area is 154 Å². The van der Waals surface area contributed by atoms with Crippen LogP contribution in [0.15, 0.2) is 52.5 Å². The van der Waals surface area contributed by atoms with E-state index in [2.05, 4.69) is 36.4 Å². The molecule has 26 heavy (non-hydrogen) atoms. The van der Waals surface area contributed by atoms with Gasteiger partial charge in [0.1, 0.15) is 18.6 Å². The van der Waals surface area contributed by atoms with Gasteiger partial charge in [-0.2, -0.15) is 0 Å². The Kier molecular flexibility index (Phi) is 7.96. The topological polar surface area (TPSA) is 64.6 Å². The first-order valence-corrected chi connectivity index (χ1v) is 9.02. The third-order valence-electron chi connectivity index (χ3n) is 4.17. The molecule has 0 aromatic carbocycles. The van der Waals surface area contributed by atoms with Gasteiger partial charge in [0.15, 0.2) is 0 Å². The molecule has 0 bridgehead atoms. The van der Waals surface area contributed by atoms with Crippen molar-refractivity contribution >= 4 is 6.08 Å². The number of aromatic nitrogens is 1. The zero-order valence-electron chi connectivity index (χ0n) is 15.3. The van der Waals surface area contributed by atoms with E-state index >= 15 is 0 Å². The second-order valence-corrected chi connectivity index (χ2v) is 6.00. The molecule has 0 spiro atoms. The van der Waals surface area contributed by atoms with E-state index < -0.39 is 0 Å². The Morgan fingerprint density at radius 3 is 2.88 bits per heavy atom. The molecule has 0 radical (unpaired) electrons. The van der Waals surface area contributed by atoms with Crippen molar-refractivity contribution in [3.05, 3.63) is 70.6 Å². The summed E-state index contributed by atoms with van der Waals surface area (Å²) in [6.07, 6.45) is 13.1. The lowest BCUT2D eigenvalue weighted by atomic mass is 10.2. The van der Waals surface area contributed by atoms with Crippen LogP contribution in [0.4, 0.5) is 0 Å². The smallest absolute Gasteiger partial charge is 0.227 e. The van der Waals surface area contributed by atoms with Crippen LogP contribution >= 0.6 is 0 Å². The van der Waals surface area contributed by atoms with E-state index in [0.717, 1.165) is 32.2 Å². The Balaban J connectivity index is 1.74. The highest BCUT2D eigenvalue weighted by atomic mass is 16.5. The molecule has 140 valence electrons. The fourth-order valence-electron chi connectivity index (χ4n) is 2.83. The average molecular weight is 357 g/mol. The van der Waals surface area contributed by atoms with Crippen LogP contribution in [0.2, 0.25) is 0 Å². The van der Waals surface area contributed by atoms with Crippen LogP contribution in [0.25, 0.3) is 6.08 Å². The summed E-state index contributed by atoms with van der Waals surface area (Å²) in [6.45, 7) is 7.03. The summed E-state index contributed by atoms with van der Waals surface area (Å²) in [5.74, 6) is 0.433. The maximum absolute atomic E-state index is 11.7. The van der Waals surface area contributed by atoms with Crippen LogP contribution in [-0.4, -0.2) is 16.3 Å². The standard InChI is InChI=1S/C21H27NO4/c1-3-5-9-17-10-12-22(19(17)4-2)11-7-6-8-13-25-21-16-26-18(15-23)14-20(21)24/h3,5,9-10,12,14,16,23H,1,4,6-8,11,13,15H2,2H3/b9-5-. The molecule has 0 amide bonds. The molecule has 0 aliphatic carbocycles. The van der Waals surface area contributed by atoms with E-state index in [0.29, 0.717) is 6.61 Å². The molecule has 5 nitrogen and oxygen atoms in total. The highest BCUT2D eigenvalue weighted by Crippen LogP contribution is 2.15. The van der Waals surface area contributed by atoms with Gasteiger partial charge < -0.3 is 18.8 Å². The molecular formula is C21H27NO4. The quantitative estimate of drug-likeness (QED) is 0.489. The molecule has 0 saturated carbocycles. The summed E-state index contributed by atoms with van der Waals surface area (Å²) >= 11 is 0. The first-order valence-electron chi connectivity index (χ1n) is 9.02. The summed E-state index contributed by atoms with van der Waals surface area (Å²) in [5, 5.41) is 8.92. The van der Waals surface area contributed by atoms with E-state index in [9.17, 15) is 4.79 Å². The molecule has 1 N–H and O–H groups in total. The summed E-state index contributed by atoms with van der Waals surface area (Å²) in [4.78, 5) is 11.7. The monoisotopic (exact) mass is 357 g/mol. The maximum Gasteiger partial charge on any atom is 0.227 e. The molecule has 0 atom stereocenters. The number of aryl methyl sites for hydroxylation is 1. The molecule has 2 rings (SSSR count). The number of unbranched alkanes of at least 4 members (excludes halogenated alkanes) is 2. The number of allylic oxidation sites excluding steroid dienone is 2. The lowest BCUT2D eigenvalue weighted by Crippen LogP contribution is -2.09. The largest absolute Gasteiger partial charge is 0.487 e. The van der Waals surface area contributed by atoms with Crippen molar-refractivity contribution in [2.45, 2.75) is 45.8 Å². The number of nitrogens with zero attached hydrogens (tertiary/aromatic N) is 1. The Hall–Kier alpha value is -2.53. The van der Waals surface area contributed by atoms with Crippen molar-refractivity contribution in [2.24, 2.45) is 0 Å². The highest BCUT2D eigenvalue weighted by Gasteiger charge is 2.06. The molecule has 0 fully saturated rings. The van der Waals surface area contributed by atoms with Gasteiger partial charge in [-0.3, -0.25) is 4.79 Å². The minimum Gasteiger partial charge on any atom is -0.487 e. The van der Waals surface area contributed by atoms with E-state index in [1.165, 1.54) is 23.6 Å². The third-order valence-corrected chi connectivity index (χ3v) is 4.17. The summed E-state index contributed by atoms with van der Waals surface area (Å²) in [7, 11) is 0. The summed E-state index contributed by atoms with van der Waals surface area (Å²) in [6, 6.07) is 3.39. The van der Waals surface area contributed by atoms with Crippen LogP contribution in [0.1, 0.15) is 43.2 Å². The normalized spacial score (nSPS) is 11.2. The highest BCUT2D eigenvalue weighted by molar-refractivity contribution is 5.54. The second kappa shape index (κ2) is 10.5. The molecule has 0 aliphatic rings. The zero-order chi connectivity index (χ0) is 18.8. The predicted octanol–water partition coefficient (Wildman–Crippen LogP) is 3.94. The second-order valence-electron chi connectivity index (χ2n) is 6.00. The van der Waals surface area contributed by atoms with Crippen molar-refractivity contribution in [3.8, 4) is 5.75 Å². The Morgan fingerprint density at radius 2 is 2.19 bits per heavy atom. The first kappa shape index (κ1) is 19.8. The van der Waals surface area contributed by atoms with Gasteiger partial charge in [0.2, 0.25) is 11.2 Å². The third kappa shape index (κ3) is 5.49. The minimum absolute atomic E-state index is 0.194. The lowest BCUT2D eigenvalue weighted by Gasteiger charge is -2.09. The van der Waals surface area contributed by atoms with Crippen LogP contribution in [-0.2, 0) is 19.6 Å². The van der Waals surface area contributed by atoms with Gasteiger partial charge in [0.25, 0.3) is 0 Å². The molecule has 0 aliphatic heterocycles. The van der Waals surface area contributed by atoms with Crippen molar-refractivity contribution in [1.29, 1.82) is 0 Å². The number of rotatable bonds is 11. The van der Waals surface area contributed by atoms with Gasteiger partial charge in [0.05, 0.1) is 6.61 Å². The fourth-order valence-corrected chi connectivity index (χ4v) is 2.83. The van der Waals surface area contributed by atoms with Crippen molar-refractivity contribution in [2.75, 3.05) is 6.61 Å². The first-order chi connectivity index (χ1) is 12.7. The van der Waals surface area contributed by atoms with E-state index in [-0.39, 0.29) is 23.5 Å². The van der Waals surface area contributed by atoms with Gasteiger partial charge in [-0.1, -0.05) is 31.7 Å². The lowest BCUT2D eigenvalue weighted by molar-refractivity contribution is 0.236. The minimum atomic E-state index is -0.292. The molecule has 0 saturated heterocycles. The number of ether oxygens (including phenoxy) is 1. The fraction of sp³-hybridized carbons (Fsp3) is 0.381. The van der Waals surface area contributed by atoms with Gasteiger partial charge in [-0.15, -0.1) is 0 Å². The maximum atomic E-state index is 11.7. The van der Waals surface area contributed by atoms with Gasteiger partial charge >= 0.3 is 0 Å². The number of hydrogen-bond donors (Lipinski definition) is 1. The van der Waals surface area contributed by atoms with Crippen LogP contribution in [0.3, 0.4) is 0 Å².